The van der Waals surface area contributed by atoms with Gasteiger partial charge in [-0.25, -0.2) is 12.7 Å². The molecule has 114 valence electrons. The molecule has 2 atom stereocenters. The van der Waals surface area contributed by atoms with Crippen LogP contribution in [0.25, 0.3) is 0 Å². The topological polar surface area (TPSA) is 92.5 Å². The van der Waals surface area contributed by atoms with E-state index in [1.807, 2.05) is 0 Å². The molecule has 0 saturated carbocycles. The van der Waals surface area contributed by atoms with Gasteiger partial charge in [-0.15, -0.1) is 0 Å². The second-order valence-electron chi connectivity index (χ2n) is 5.68. The van der Waals surface area contributed by atoms with Gasteiger partial charge in [0.2, 0.25) is 10.0 Å². The van der Waals surface area contributed by atoms with Crippen LogP contribution in [-0.4, -0.2) is 43.8 Å². The first-order valence-corrected chi connectivity index (χ1v) is 8.48. The number of fused-ring (bicyclic) bond motifs is 1. The van der Waals surface area contributed by atoms with Gasteiger partial charge < -0.3 is 5.32 Å². The predicted octanol–water partition coefficient (Wildman–Crippen LogP) is 0.576. The smallest absolute Gasteiger partial charge is 0.269 e. The van der Waals surface area contributed by atoms with Crippen molar-refractivity contribution in [3.05, 3.63) is 39.9 Å². The summed E-state index contributed by atoms with van der Waals surface area (Å²) in [6, 6.07) is 5.70. The Labute approximate surface area is 123 Å². The van der Waals surface area contributed by atoms with Crippen molar-refractivity contribution < 1.29 is 13.3 Å². The van der Waals surface area contributed by atoms with E-state index in [0.717, 1.165) is 13.1 Å². The molecule has 2 heterocycles. The molecule has 2 saturated heterocycles. The zero-order valence-corrected chi connectivity index (χ0v) is 12.3. The lowest BCUT2D eigenvalue weighted by atomic mass is 10.0. The van der Waals surface area contributed by atoms with Gasteiger partial charge in [0.05, 0.1) is 10.7 Å². The first-order valence-electron chi connectivity index (χ1n) is 6.87. The molecule has 0 radical (unpaired) electrons. The van der Waals surface area contributed by atoms with Crippen LogP contribution >= 0.6 is 0 Å². The van der Waals surface area contributed by atoms with Gasteiger partial charge in [-0.1, -0.05) is 12.1 Å². The quantitative estimate of drug-likeness (QED) is 0.648. The van der Waals surface area contributed by atoms with Gasteiger partial charge >= 0.3 is 0 Å². The Hall–Kier alpha value is -1.51. The van der Waals surface area contributed by atoms with Gasteiger partial charge in [0, 0.05) is 25.2 Å². The summed E-state index contributed by atoms with van der Waals surface area (Å²) in [5.74, 6) is 0.728. The molecule has 0 amide bonds. The number of rotatable bonds is 4. The summed E-state index contributed by atoms with van der Waals surface area (Å²) in [4.78, 5) is 10.1. The van der Waals surface area contributed by atoms with E-state index in [1.165, 1.54) is 24.3 Å². The molecule has 1 aromatic carbocycles. The maximum absolute atomic E-state index is 12.4. The van der Waals surface area contributed by atoms with E-state index in [1.54, 1.807) is 4.31 Å². The summed E-state index contributed by atoms with van der Waals surface area (Å²) in [7, 11) is -3.35. The number of hydrogen-bond acceptors (Lipinski definition) is 5. The van der Waals surface area contributed by atoms with E-state index in [-0.39, 0.29) is 11.4 Å². The van der Waals surface area contributed by atoms with Crippen molar-refractivity contribution in [3.8, 4) is 0 Å². The summed E-state index contributed by atoms with van der Waals surface area (Å²) in [6.07, 6.45) is 0. The average Bonchev–Trinajstić information content (AvgIpc) is 2.99. The van der Waals surface area contributed by atoms with Gasteiger partial charge in [0.15, 0.2) is 0 Å². The number of nitrogens with zero attached hydrogens (tertiary/aromatic N) is 2. The average molecular weight is 311 g/mol. The second kappa shape index (κ2) is 5.36. The number of nitrogens with one attached hydrogen (secondary N) is 1. The standard InChI is InChI=1S/C13H17N3O4S/c17-16(18)13-3-1-10(2-4-13)9-21(19,20)15-7-11-5-14-6-12(11)8-15/h1-4,11-12,14H,5-9H2/t11-,12+. The highest BCUT2D eigenvalue weighted by molar-refractivity contribution is 7.88. The molecule has 0 bridgehead atoms. The summed E-state index contributed by atoms with van der Waals surface area (Å²) >= 11 is 0. The Morgan fingerprint density at radius 2 is 1.76 bits per heavy atom. The number of non-ortho nitro benzene ring substituents is 1. The predicted molar refractivity (Wildman–Crippen MR) is 77.1 cm³/mol. The zero-order chi connectivity index (χ0) is 15.0. The molecular weight excluding hydrogens is 294 g/mol. The molecule has 2 aliphatic heterocycles. The number of nitro groups is 1. The molecule has 1 aromatic rings. The van der Waals surface area contributed by atoms with E-state index in [4.69, 9.17) is 0 Å². The first kappa shape index (κ1) is 14.4. The van der Waals surface area contributed by atoms with Crippen LogP contribution in [-0.2, 0) is 15.8 Å². The third-order valence-corrected chi connectivity index (χ3v) is 6.03. The van der Waals surface area contributed by atoms with Crippen molar-refractivity contribution in [1.29, 1.82) is 0 Å². The fraction of sp³-hybridized carbons (Fsp3) is 0.538. The summed E-state index contributed by atoms with van der Waals surface area (Å²) in [5.41, 5.74) is 0.550. The molecule has 2 aliphatic rings. The fourth-order valence-electron chi connectivity index (χ4n) is 3.06. The van der Waals surface area contributed by atoms with E-state index in [2.05, 4.69) is 5.32 Å². The molecular formula is C13H17N3O4S. The maximum atomic E-state index is 12.4. The normalized spacial score (nSPS) is 25.9. The molecule has 2 fully saturated rings. The minimum Gasteiger partial charge on any atom is -0.316 e. The molecule has 0 aromatic heterocycles. The van der Waals surface area contributed by atoms with Gasteiger partial charge in [-0.05, 0) is 30.5 Å². The molecule has 0 aliphatic carbocycles. The van der Waals surface area contributed by atoms with Crippen molar-refractivity contribution in [1.82, 2.24) is 9.62 Å². The fourth-order valence-corrected chi connectivity index (χ4v) is 4.69. The molecule has 3 rings (SSSR count). The van der Waals surface area contributed by atoms with Crippen LogP contribution in [0.15, 0.2) is 24.3 Å². The monoisotopic (exact) mass is 311 g/mol. The summed E-state index contributed by atoms with van der Waals surface area (Å²) in [5, 5.41) is 13.9. The van der Waals surface area contributed by atoms with Crippen molar-refractivity contribution in [2.24, 2.45) is 11.8 Å². The highest BCUT2D eigenvalue weighted by atomic mass is 32.2. The van der Waals surface area contributed by atoms with Crippen LogP contribution < -0.4 is 5.32 Å². The van der Waals surface area contributed by atoms with E-state index in [0.29, 0.717) is 30.5 Å². The van der Waals surface area contributed by atoms with Crippen LogP contribution in [0.3, 0.4) is 0 Å². The Morgan fingerprint density at radius 3 is 2.29 bits per heavy atom. The molecule has 21 heavy (non-hydrogen) atoms. The van der Waals surface area contributed by atoms with Gasteiger partial charge in [-0.2, -0.15) is 0 Å². The lowest BCUT2D eigenvalue weighted by molar-refractivity contribution is -0.384. The molecule has 0 unspecified atom stereocenters. The van der Waals surface area contributed by atoms with Crippen molar-refractivity contribution in [3.63, 3.8) is 0 Å². The number of sulfonamides is 1. The zero-order valence-electron chi connectivity index (χ0n) is 11.4. The first-order chi connectivity index (χ1) is 9.95. The lowest BCUT2D eigenvalue weighted by Gasteiger charge is -2.17. The minimum absolute atomic E-state index is 0.0297. The Bertz CT molecular complexity index is 632. The van der Waals surface area contributed by atoms with Crippen molar-refractivity contribution in [2.75, 3.05) is 26.2 Å². The van der Waals surface area contributed by atoms with Crippen molar-refractivity contribution in [2.45, 2.75) is 5.75 Å². The number of hydrogen-bond donors (Lipinski definition) is 1. The SMILES string of the molecule is O=[N+]([O-])c1ccc(CS(=O)(=O)N2C[C@H]3CNC[C@H]3C2)cc1. The highest BCUT2D eigenvalue weighted by Gasteiger charge is 2.40. The van der Waals surface area contributed by atoms with Crippen LogP contribution in [0.2, 0.25) is 0 Å². The van der Waals surface area contributed by atoms with Crippen molar-refractivity contribution >= 4 is 15.7 Å². The third-order valence-electron chi connectivity index (χ3n) is 4.25. The Kier molecular flexibility index (Phi) is 3.68. The largest absolute Gasteiger partial charge is 0.316 e. The number of nitro benzene ring substituents is 1. The lowest BCUT2D eigenvalue weighted by Crippen LogP contribution is -2.32. The molecule has 8 heteroatoms. The van der Waals surface area contributed by atoms with Gasteiger partial charge in [-0.3, -0.25) is 10.1 Å². The summed E-state index contributed by atoms with van der Waals surface area (Å²) in [6.45, 7) is 2.92. The molecule has 0 spiro atoms. The maximum Gasteiger partial charge on any atom is 0.269 e. The molecule has 1 N–H and O–H groups in total. The van der Waals surface area contributed by atoms with Crippen LogP contribution in [0.4, 0.5) is 5.69 Å². The number of benzene rings is 1. The second-order valence-corrected chi connectivity index (χ2v) is 7.64. The van der Waals surface area contributed by atoms with E-state index >= 15 is 0 Å². The van der Waals surface area contributed by atoms with E-state index in [9.17, 15) is 18.5 Å². The van der Waals surface area contributed by atoms with Gasteiger partial charge in [0.25, 0.3) is 5.69 Å². The Balaban J connectivity index is 1.70. The van der Waals surface area contributed by atoms with Gasteiger partial charge in [0.1, 0.15) is 0 Å². The summed E-state index contributed by atoms with van der Waals surface area (Å²) < 4.78 is 26.4. The van der Waals surface area contributed by atoms with Crippen LogP contribution in [0, 0.1) is 22.0 Å². The Morgan fingerprint density at radius 1 is 1.19 bits per heavy atom. The third kappa shape index (κ3) is 2.92. The van der Waals surface area contributed by atoms with Crippen LogP contribution in [0.1, 0.15) is 5.56 Å². The van der Waals surface area contributed by atoms with E-state index < -0.39 is 14.9 Å². The highest BCUT2D eigenvalue weighted by Crippen LogP contribution is 2.29. The minimum atomic E-state index is -3.35. The molecule has 7 nitrogen and oxygen atoms in total. The van der Waals surface area contributed by atoms with Crippen LogP contribution in [0.5, 0.6) is 0 Å².